The number of piperidine rings is 1. The van der Waals surface area contributed by atoms with Gasteiger partial charge < -0.3 is 15.2 Å². The van der Waals surface area contributed by atoms with Gasteiger partial charge >= 0.3 is 0 Å². The summed E-state index contributed by atoms with van der Waals surface area (Å²) in [4.78, 5) is 21.4. The van der Waals surface area contributed by atoms with Crippen LogP contribution >= 0.6 is 0 Å². The molecule has 0 spiro atoms. The fourth-order valence-corrected chi connectivity index (χ4v) is 2.63. The lowest BCUT2D eigenvalue weighted by Gasteiger charge is -2.35. The molecule has 5 heteroatoms. The van der Waals surface area contributed by atoms with E-state index in [2.05, 4.69) is 27.1 Å². The Balaban J connectivity index is 2.26. The van der Waals surface area contributed by atoms with Crippen molar-refractivity contribution < 1.29 is 0 Å². The highest BCUT2D eigenvalue weighted by Crippen LogP contribution is 2.18. The van der Waals surface area contributed by atoms with E-state index in [1.807, 2.05) is 6.92 Å². The predicted molar refractivity (Wildman–Crippen MR) is 77.8 cm³/mol. The smallest absolute Gasteiger partial charge is 0.252 e. The molecule has 1 fully saturated rings. The summed E-state index contributed by atoms with van der Waals surface area (Å²) < 4.78 is 0. The molecule has 1 aliphatic rings. The average molecular weight is 264 g/mol. The topological polar surface area (TPSA) is 61.0 Å². The van der Waals surface area contributed by atoms with Gasteiger partial charge in [0.2, 0.25) is 0 Å². The second-order valence-corrected chi connectivity index (χ2v) is 5.10. The van der Waals surface area contributed by atoms with Crippen molar-refractivity contribution in [2.75, 3.05) is 24.5 Å². The summed E-state index contributed by atoms with van der Waals surface area (Å²) in [6.07, 6.45) is 4.18. The van der Waals surface area contributed by atoms with Crippen molar-refractivity contribution in [2.45, 2.75) is 45.6 Å². The monoisotopic (exact) mass is 264 g/mol. The maximum atomic E-state index is 11.7. The van der Waals surface area contributed by atoms with Crippen LogP contribution in [-0.4, -0.2) is 35.6 Å². The van der Waals surface area contributed by atoms with Gasteiger partial charge in [0.25, 0.3) is 5.56 Å². The molecule has 19 heavy (non-hydrogen) atoms. The Morgan fingerprint density at radius 1 is 1.47 bits per heavy atom. The summed E-state index contributed by atoms with van der Waals surface area (Å²) in [6.45, 7) is 7.20. The molecule has 2 rings (SSSR count). The van der Waals surface area contributed by atoms with Crippen molar-refractivity contribution in [3.63, 3.8) is 0 Å². The summed E-state index contributed by atoms with van der Waals surface area (Å²) in [6, 6.07) is 2.08. The number of rotatable bonds is 5. The summed E-state index contributed by atoms with van der Waals surface area (Å²) >= 11 is 0. The lowest BCUT2D eigenvalue weighted by atomic mass is 10.1. The summed E-state index contributed by atoms with van der Waals surface area (Å²) in [5, 5.41) is 3.43. The first-order chi connectivity index (χ1) is 9.24. The lowest BCUT2D eigenvalue weighted by molar-refractivity contribution is 0.428. The van der Waals surface area contributed by atoms with E-state index in [4.69, 9.17) is 0 Å². The Labute approximate surface area is 114 Å². The van der Waals surface area contributed by atoms with Gasteiger partial charge in [0.05, 0.1) is 0 Å². The molecule has 0 aromatic carbocycles. The maximum absolute atomic E-state index is 11.7. The van der Waals surface area contributed by atoms with E-state index < -0.39 is 0 Å². The molecule has 2 N–H and O–H groups in total. The van der Waals surface area contributed by atoms with E-state index in [9.17, 15) is 4.79 Å². The number of nitrogens with one attached hydrogen (secondary N) is 2. The zero-order valence-corrected chi connectivity index (χ0v) is 11.9. The van der Waals surface area contributed by atoms with Gasteiger partial charge in [0, 0.05) is 31.6 Å². The standard InChI is InChI=1S/C14H24N4O/c1-3-8-18(11-6-5-7-15-10-11)13-9-14(19)17-12(4-2)16-13/h9,11,15H,3-8,10H2,1-2H3,(H,16,17,19). The van der Waals surface area contributed by atoms with Gasteiger partial charge in [0.1, 0.15) is 11.6 Å². The molecule has 1 aliphatic heterocycles. The Bertz CT molecular complexity index is 451. The Morgan fingerprint density at radius 3 is 2.95 bits per heavy atom. The van der Waals surface area contributed by atoms with Gasteiger partial charge in [-0.15, -0.1) is 0 Å². The summed E-state index contributed by atoms with van der Waals surface area (Å²) in [5.74, 6) is 1.60. The van der Waals surface area contributed by atoms with Crippen LogP contribution in [0.5, 0.6) is 0 Å². The normalized spacial score (nSPS) is 19.4. The van der Waals surface area contributed by atoms with E-state index in [0.717, 1.165) is 44.1 Å². The zero-order chi connectivity index (χ0) is 13.7. The van der Waals surface area contributed by atoms with E-state index in [1.165, 1.54) is 12.8 Å². The molecular formula is C14H24N4O. The highest BCUT2D eigenvalue weighted by Gasteiger charge is 2.22. The third kappa shape index (κ3) is 3.56. The number of anilines is 1. The van der Waals surface area contributed by atoms with E-state index >= 15 is 0 Å². The third-order valence-electron chi connectivity index (χ3n) is 3.58. The fourth-order valence-electron chi connectivity index (χ4n) is 2.63. The molecule has 2 heterocycles. The Morgan fingerprint density at radius 2 is 2.32 bits per heavy atom. The first-order valence-electron chi connectivity index (χ1n) is 7.32. The molecule has 0 aliphatic carbocycles. The van der Waals surface area contributed by atoms with Gasteiger partial charge in [-0.3, -0.25) is 4.79 Å². The van der Waals surface area contributed by atoms with Gasteiger partial charge in [-0.1, -0.05) is 13.8 Å². The quantitative estimate of drug-likeness (QED) is 0.841. The van der Waals surface area contributed by atoms with Gasteiger partial charge in [-0.2, -0.15) is 0 Å². The maximum Gasteiger partial charge on any atom is 0.252 e. The van der Waals surface area contributed by atoms with E-state index in [1.54, 1.807) is 6.07 Å². The minimum atomic E-state index is -0.0493. The zero-order valence-electron chi connectivity index (χ0n) is 11.9. The first-order valence-corrected chi connectivity index (χ1v) is 7.32. The number of aromatic amines is 1. The highest BCUT2D eigenvalue weighted by molar-refractivity contribution is 5.39. The van der Waals surface area contributed by atoms with Crippen LogP contribution in [0.2, 0.25) is 0 Å². The number of hydrogen-bond donors (Lipinski definition) is 2. The first kappa shape index (κ1) is 14.1. The van der Waals surface area contributed by atoms with Crippen molar-refractivity contribution in [3.05, 3.63) is 22.2 Å². The van der Waals surface area contributed by atoms with E-state index in [0.29, 0.717) is 6.04 Å². The number of aromatic nitrogens is 2. The Kier molecular flexibility index (Phi) is 4.96. The van der Waals surface area contributed by atoms with Crippen LogP contribution in [0.1, 0.15) is 38.9 Å². The number of aryl methyl sites for hydroxylation is 1. The molecule has 5 nitrogen and oxygen atoms in total. The number of nitrogens with zero attached hydrogens (tertiary/aromatic N) is 2. The largest absolute Gasteiger partial charge is 0.352 e. The van der Waals surface area contributed by atoms with Crippen LogP contribution in [0.15, 0.2) is 10.9 Å². The van der Waals surface area contributed by atoms with Crippen LogP contribution in [0.4, 0.5) is 5.82 Å². The molecule has 0 saturated carbocycles. The van der Waals surface area contributed by atoms with Crippen molar-refractivity contribution in [1.29, 1.82) is 0 Å². The van der Waals surface area contributed by atoms with Crippen LogP contribution in [-0.2, 0) is 6.42 Å². The minimum absolute atomic E-state index is 0.0493. The molecule has 1 aromatic rings. The SMILES string of the molecule is CCCN(c1cc(=O)[nH]c(CC)n1)C1CCCNC1. The van der Waals surface area contributed by atoms with Crippen LogP contribution < -0.4 is 15.8 Å². The molecule has 106 valence electrons. The molecule has 0 bridgehead atoms. The molecule has 0 radical (unpaired) electrons. The van der Waals surface area contributed by atoms with Crippen LogP contribution in [0, 0.1) is 0 Å². The van der Waals surface area contributed by atoms with Crippen molar-refractivity contribution in [3.8, 4) is 0 Å². The van der Waals surface area contributed by atoms with Crippen LogP contribution in [0.3, 0.4) is 0 Å². The van der Waals surface area contributed by atoms with Crippen molar-refractivity contribution in [2.24, 2.45) is 0 Å². The van der Waals surface area contributed by atoms with Crippen molar-refractivity contribution in [1.82, 2.24) is 15.3 Å². The number of H-pyrrole nitrogens is 1. The second kappa shape index (κ2) is 6.70. The Hall–Kier alpha value is -1.36. The average Bonchev–Trinajstić information content (AvgIpc) is 2.45. The molecule has 1 unspecified atom stereocenters. The summed E-state index contributed by atoms with van der Waals surface area (Å²) in [7, 11) is 0. The predicted octanol–water partition coefficient (Wildman–Crippen LogP) is 1.30. The molecule has 1 aromatic heterocycles. The van der Waals surface area contributed by atoms with Gasteiger partial charge in [-0.05, 0) is 25.8 Å². The van der Waals surface area contributed by atoms with E-state index in [-0.39, 0.29) is 5.56 Å². The third-order valence-corrected chi connectivity index (χ3v) is 3.58. The highest BCUT2D eigenvalue weighted by atomic mass is 16.1. The molecule has 1 atom stereocenters. The van der Waals surface area contributed by atoms with Crippen LogP contribution in [0.25, 0.3) is 0 Å². The van der Waals surface area contributed by atoms with Gasteiger partial charge in [0.15, 0.2) is 0 Å². The second-order valence-electron chi connectivity index (χ2n) is 5.10. The number of hydrogen-bond acceptors (Lipinski definition) is 4. The fraction of sp³-hybridized carbons (Fsp3) is 0.714. The van der Waals surface area contributed by atoms with Crippen molar-refractivity contribution >= 4 is 5.82 Å². The molecule has 1 saturated heterocycles. The lowest BCUT2D eigenvalue weighted by Crippen LogP contribution is -2.47. The minimum Gasteiger partial charge on any atom is -0.352 e. The molecule has 0 amide bonds. The van der Waals surface area contributed by atoms with Gasteiger partial charge in [-0.25, -0.2) is 4.98 Å². The summed E-state index contributed by atoms with van der Waals surface area (Å²) in [5.41, 5.74) is -0.0493. The molecular weight excluding hydrogens is 240 g/mol.